The highest BCUT2D eigenvalue weighted by atomic mass is 32.2. The number of hydrogen-bond donors (Lipinski definition) is 3. The van der Waals surface area contributed by atoms with Crippen molar-refractivity contribution in [2.75, 3.05) is 18.9 Å². The van der Waals surface area contributed by atoms with Gasteiger partial charge < -0.3 is 15.6 Å². The van der Waals surface area contributed by atoms with Crippen molar-refractivity contribution in [1.82, 2.24) is 4.72 Å². The Hall–Kier alpha value is -1.64. The zero-order valence-corrected chi connectivity index (χ0v) is 15.4. The second-order valence-electron chi connectivity index (χ2n) is 5.87. The van der Waals surface area contributed by atoms with Crippen molar-refractivity contribution >= 4 is 16.0 Å². The predicted molar refractivity (Wildman–Crippen MR) is 97.2 cm³/mol. The van der Waals surface area contributed by atoms with E-state index >= 15 is 0 Å². The quantitative estimate of drug-likeness (QED) is 0.452. The van der Waals surface area contributed by atoms with E-state index in [4.69, 9.17) is 10.5 Å². The molecule has 0 saturated carbocycles. The third kappa shape index (κ3) is 8.85. The Morgan fingerprint density at radius 2 is 1.92 bits per heavy atom. The van der Waals surface area contributed by atoms with Gasteiger partial charge in [-0.05, 0) is 49.9 Å². The molecule has 0 bridgehead atoms. The number of benzene rings is 1. The molecule has 1 aromatic carbocycles. The summed E-state index contributed by atoms with van der Waals surface area (Å²) in [6, 6.07) is 5.81. The zero-order chi connectivity index (χ0) is 18.7. The Morgan fingerprint density at radius 1 is 1.24 bits per heavy atom. The summed E-state index contributed by atoms with van der Waals surface area (Å²) in [7, 11) is -3.60. The van der Waals surface area contributed by atoms with Crippen molar-refractivity contribution < 1.29 is 23.1 Å². The molecule has 0 aliphatic heterocycles. The molecule has 0 aromatic heterocycles. The fraction of sp³-hybridized carbons (Fsp3) is 0.588. The summed E-state index contributed by atoms with van der Waals surface area (Å²) in [5.74, 6) is -0.568. The van der Waals surface area contributed by atoms with Crippen molar-refractivity contribution in [1.29, 1.82) is 0 Å². The first kappa shape index (κ1) is 21.4. The van der Waals surface area contributed by atoms with Crippen LogP contribution in [0.1, 0.15) is 38.2 Å². The van der Waals surface area contributed by atoms with Gasteiger partial charge in [-0.25, -0.2) is 13.1 Å². The predicted octanol–water partition coefficient (Wildman–Crippen LogP) is 1.52. The van der Waals surface area contributed by atoms with Gasteiger partial charge in [-0.2, -0.15) is 0 Å². The Labute approximate surface area is 149 Å². The molecule has 0 fully saturated rings. The summed E-state index contributed by atoms with van der Waals surface area (Å²) in [5, 5.41) is 9.28. The number of sulfonamides is 1. The van der Waals surface area contributed by atoms with Gasteiger partial charge in [-0.3, -0.25) is 4.79 Å². The number of rotatable bonds is 13. The Kier molecular flexibility index (Phi) is 9.48. The zero-order valence-electron chi connectivity index (χ0n) is 14.6. The maximum absolute atomic E-state index is 11.9. The minimum Gasteiger partial charge on any atom is -0.494 e. The van der Waals surface area contributed by atoms with Crippen LogP contribution in [0, 0.1) is 0 Å². The van der Waals surface area contributed by atoms with Crippen molar-refractivity contribution in [2.24, 2.45) is 5.73 Å². The number of nitrogens with one attached hydrogen (secondary N) is 1. The molecule has 4 N–H and O–H groups in total. The number of hydrogen-bond acceptors (Lipinski definition) is 5. The summed E-state index contributed by atoms with van der Waals surface area (Å²) in [6.07, 6.45) is 3.08. The van der Waals surface area contributed by atoms with Gasteiger partial charge >= 0.3 is 5.97 Å². The van der Waals surface area contributed by atoms with Crippen molar-refractivity contribution in [3.05, 3.63) is 29.8 Å². The van der Waals surface area contributed by atoms with Gasteiger partial charge in [0.25, 0.3) is 0 Å². The number of unbranched alkanes of at least 4 members (excludes halogenated alkanes) is 2. The average Bonchev–Trinajstić information content (AvgIpc) is 2.57. The molecule has 142 valence electrons. The van der Waals surface area contributed by atoms with Crippen molar-refractivity contribution in [3.63, 3.8) is 0 Å². The van der Waals surface area contributed by atoms with E-state index in [9.17, 15) is 18.3 Å². The molecule has 0 saturated heterocycles. The molecule has 0 amide bonds. The molecule has 1 aromatic rings. The highest BCUT2D eigenvalue weighted by molar-refractivity contribution is 7.89. The van der Waals surface area contributed by atoms with E-state index in [0.29, 0.717) is 25.3 Å². The van der Waals surface area contributed by atoms with E-state index in [2.05, 4.69) is 4.72 Å². The topological polar surface area (TPSA) is 119 Å². The van der Waals surface area contributed by atoms with E-state index in [1.165, 1.54) is 0 Å². The summed E-state index contributed by atoms with van der Waals surface area (Å²) >= 11 is 0. The number of carboxylic acid groups (broad SMARTS) is 1. The molecule has 1 rings (SSSR count). The van der Waals surface area contributed by atoms with Gasteiger partial charge in [0, 0.05) is 0 Å². The second-order valence-corrected chi connectivity index (χ2v) is 7.75. The molecule has 0 heterocycles. The molecule has 0 aliphatic carbocycles. The first-order valence-electron chi connectivity index (χ1n) is 8.52. The van der Waals surface area contributed by atoms with Crippen LogP contribution >= 0.6 is 0 Å². The van der Waals surface area contributed by atoms with Gasteiger partial charge in [0.15, 0.2) is 0 Å². The maximum Gasteiger partial charge on any atom is 0.322 e. The third-order valence-corrected chi connectivity index (χ3v) is 5.09. The lowest BCUT2D eigenvalue weighted by molar-refractivity contribution is -0.138. The molecule has 0 aliphatic rings. The third-order valence-electron chi connectivity index (χ3n) is 3.62. The molecule has 0 spiro atoms. The molecular formula is C17H28N2O5S. The fourth-order valence-corrected chi connectivity index (χ4v) is 3.59. The van der Waals surface area contributed by atoms with Gasteiger partial charge in [-0.15, -0.1) is 0 Å². The van der Waals surface area contributed by atoms with E-state index in [1.54, 1.807) is 24.3 Å². The van der Waals surface area contributed by atoms with Crippen LogP contribution in [-0.4, -0.2) is 44.4 Å². The fourth-order valence-electron chi connectivity index (χ4n) is 2.18. The standard InChI is InChI=1S/C17H28N2O5S/c1-2-3-12-25(22,23)19-16(17(20)21)13-14-6-8-15(9-7-14)24-11-5-4-10-18/h6-9,16,19H,2-5,10-13,18H2,1H3,(H,20,21). The molecule has 25 heavy (non-hydrogen) atoms. The highest BCUT2D eigenvalue weighted by Gasteiger charge is 2.24. The van der Waals surface area contributed by atoms with Crippen LogP contribution in [-0.2, 0) is 21.2 Å². The summed E-state index contributed by atoms with van der Waals surface area (Å²) in [6.45, 7) is 3.09. The number of carbonyl (C=O) groups is 1. The molecule has 1 atom stereocenters. The van der Waals surface area contributed by atoms with Crippen LogP contribution in [0.2, 0.25) is 0 Å². The van der Waals surface area contributed by atoms with E-state index in [-0.39, 0.29) is 12.2 Å². The lowest BCUT2D eigenvalue weighted by Crippen LogP contribution is -2.43. The highest BCUT2D eigenvalue weighted by Crippen LogP contribution is 2.14. The summed E-state index contributed by atoms with van der Waals surface area (Å²) < 4.78 is 31.7. The molecule has 1 unspecified atom stereocenters. The lowest BCUT2D eigenvalue weighted by Gasteiger charge is -2.15. The minimum absolute atomic E-state index is 0.0666. The Morgan fingerprint density at radius 3 is 2.48 bits per heavy atom. The number of nitrogens with two attached hydrogens (primary N) is 1. The molecular weight excluding hydrogens is 344 g/mol. The van der Waals surface area contributed by atoms with Gasteiger partial charge in [0.1, 0.15) is 11.8 Å². The van der Waals surface area contributed by atoms with Gasteiger partial charge in [0.2, 0.25) is 10.0 Å². The van der Waals surface area contributed by atoms with Crippen LogP contribution in [0.4, 0.5) is 0 Å². The van der Waals surface area contributed by atoms with Crippen molar-refractivity contribution in [2.45, 2.75) is 45.1 Å². The Balaban J connectivity index is 2.62. The summed E-state index contributed by atoms with van der Waals surface area (Å²) in [5.41, 5.74) is 6.14. The first-order chi connectivity index (χ1) is 11.9. The van der Waals surface area contributed by atoms with E-state index in [0.717, 1.165) is 24.8 Å². The lowest BCUT2D eigenvalue weighted by atomic mass is 10.1. The number of aliphatic carboxylic acids is 1. The average molecular weight is 372 g/mol. The van der Waals surface area contributed by atoms with Crippen LogP contribution in [0.15, 0.2) is 24.3 Å². The first-order valence-corrected chi connectivity index (χ1v) is 10.2. The molecule has 8 heteroatoms. The SMILES string of the molecule is CCCCS(=O)(=O)NC(Cc1ccc(OCCCCN)cc1)C(=O)O. The number of ether oxygens (including phenoxy) is 1. The van der Waals surface area contributed by atoms with Gasteiger partial charge in [0.05, 0.1) is 12.4 Å². The van der Waals surface area contributed by atoms with Crippen LogP contribution in [0.3, 0.4) is 0 Å². The van der Waals surface area contributed by atoms with Crippen LogP contribution < -0.4 is 15.2 Å². The Bertz CT molecular complexity index is 616. The largest absolute Gasteiger partial charge is 0.494 e. The normalized spacial score (nSPS) is 12.7. The monoisotopic (exact) mass is 372 g/mol. The minimum atomic E-state index is -3.60. The van der Waals surface area contributed by atoms with Crippen molar-refractivity contribution in [3.8, 4) is 5.75 Å². The van der Waals surface area contributed by atoms with E-state index in [1.807, 2.05) is 6.92 Å². The van der Waals surface area contributed by atoms with Gasteiger partial charge in [-0.1, -0.05) is 25.5 Å². The molecule has 0 radical (unpaired) electrons. The number of carboxylic acids is 1. The van der Waals surface area contributed by atoms with Crippen LogP contribution in [0.5, 0.6) is 5.75 Å². The van der Waals surface area contributed by atoms with Crippen LogP contribution in [0.25, 0.3) is 0 Å². The van der Waals surface area contributed by atoms with E-state index < -0.39 is 22.0 Å². The second kappa shape index (κ2) is 11.1. The maximum atomic E-state index is 11.9. The summed E-state index contributed by atoms with van der Waals surface area (Å²) in [4.78, 5) is 11.4. The smallest absolute Gasteiger partial charge is 0.322 e. The molecule has 7 nitrogen and oxygen atoms in total.